The van der Waals surface area contributed by atoms with Crippen molar-refractivity contribution in [2.75, 3.05) is 26.2 Å². The van der Waals surface area contributed by atoms with Crippen molar-refractivity contribution in [2.24, 2.45) is 0 Å². The molecule has 1 fully saturated rings. The van der Waals surface area contributed by atoms with E-state index in [4.69, 9.17) is 37.8 Å². The number of carboxylic acid groups (broad SMARTS) is 1. The summed E-state index contributed by atoms with van der Waals surface area (Å²) in [6, 6.07) is 13.1. The first-order valence-corrected chi connectivity index (χ1v) is 9.50. The molecule has 1 aliphatic heterocycles. The first-order valence-electron chi connectivity index (χ1n) is 8.74. The summed E-state index contributed by atoms with van der Waals surface area (Å²) in [7, 11) is 0. The predicted octanol–water partition coefficient (Wildman–Crippen LogP) is 4.84. The van der Waals surface area contributed by atoms with E-state index in [1.54, 1.807) is 18.2 Å². The van der Waals surface area contributed by atoms with E-state index in [0.29, 0.717) is 35.5 Å². The molecule has 8 heteroatoms. The Morgan fingerprint density at radius 3 is 2.64 bits per heavy atom. The molecule has 1 aliphatic rings. The fourth-order valence-corrected chi connectivity index (χ4v) is 3.50. The quantitative estimate of drug-likeness (QED) is 0.659. The molecule has 1 unspecified atom stereocenters. The topological polar surface area (TPSA) is 59.0 Å². The standard InChI is InChI=1S/C20H21Cl2NO4.ClH/c21-17-5-2-6-18(22)16(17)13-27-15-4-1-3-14(11-15)19-12-23(9-10-26-19)8-7-20(24)25;/h1-6,11,19H,7-10,12-13H2,(H,24,25);1H. The number of aliphatic carboxylic acids is 1. The third kappa shape index (κ3) is 6.26. The summed E-state index contributed by atoms with van der Waals surface area (Å²) in [6.07, 6.45) is 0.0223. The van der Waals surface area contributed by atoms with Gasteiger partial charge in [-0.1, -0.05) is 41.4 Å². The fourth-order valence-electron chi connectivity index (χ4n) is 2.99. The highest BCUT2D eigenvalue weighted by Crippen LogP contribution is 2.28. The number of hydrogen-bond acceptors (Lipinski definition) is 4. The average Bonchev–Trinajstić information content (AvgIpc) is 2.66. The number of morpholine rings is 1. The third-order valence-corrected chi connectivity index (χ3v) is 5.18. The number of benzene rings is 2. The van der Waals surface area contributed by atoms with E-state index in [0.717, 1.165) is 17.7 Å². The zero-order valence-electron chi connectivity index (χ0n) is 15.1. The van der Waals surface area contributed by atoms with E-state index in [9.17, 15) is 4.79 Å². The van der Waals surface area contributed by atoms with Gasteiger partial charge in [-0.3, -0.25) is 9.69 Å². The van der Waals surface area contributed by atoms with Crippen molar-refractivity contribution in [2.45, 2.75) is 19.1 Å². The van der Waals surface area contributed by atoms with Crippen LogP contribution < -0.4 is 4.74 Å². The van der Waals surface area contributed by atoms with E-state index >= 15 is 0 Å². The van der Waals surface area contributed by atoms with Crippen molar-refractivity contribution in [1.82, 2.24) is 4.90 Å². The molecule has 1 N–H and O–H groups in total. The number of nitrogens with zero attached hydrogens (tertiary/aromatic N) is 1. The van der Waals surface area contributed by atoms with E-state index in [1.165, 1.54) is 0 Å². The Labute approximate surface area is 180 Å². The Bertz CT molecular complexity index is 783. The van der Waals surface area contributed by atoms with E-state index in [1.807, 2.05) is 24.3 Å². The molecule has 0 aliphatic carbocycles. The van der Waals surface area contributed by atoms with Crippen molar-refractivity contribution < 1.29 is 19.4 Å². The molecule has 1 heterocycles. The van der Waals surface area contributed by atoms with Gasteiger partial charge < -0.3 is 14.6 Å². The summed E-state index contributed by atoms with van der Waals surface area (Å²) >= 11 is 12.4. The first kappa shape index (κ1) is 22.8. The molecular formula is C20H22Cl3NO4. The first-order chi connectivity index (χ1) is 13.0. The molecule has 0 amide bonds. The molecule has 2 aromatic carbocycles. The smallest absolute Gasteiger partial charge is 0.304 e. The van der Waals surface area contributed by atoms with Gasteiger partial charge in [0.15, 0.2) is 0 Å². The highest BCUT2D eigenvalue weighted by molar-refractivity contribution is 6.35. The molecule has 0 aromatic heterocycles. The van der Waals surface area contributed by atoms with Crippen molar-refractivity contribution in [3.8, 4) is 5.75 Å². The molecule has 0 radical (unpaired) electrons. The fraction of sp³-hybridized carbons (Fsp3) is 0.350. The van der Waals surface area contributed by atoms with Gasteiger partial charge in [-0.2, -0.15) is 0 Å². The van der Waals surface area contributed by atoms with Gasteiger partial charge in [-0.25, -0.2) is 0 Å². The molecule has 152 valence electrons. The molecule has 2 aromatic rings. The summed E-state index contributed by atoms with van der Waals surface area (Å²) in [6.45, 7) is 2.78. The molecule has 1 saturated heterocycles. The van der Waals surface area contributed by atoms with Crippen LogP contribution in [0.4, 0.5) is 0 Å². The maximum absolute atomic E-state index is 10.8. The number of carbonyl (C=O) groups is 1. The second-order valence-corrected chi connectivity index (χ2v) is 7.18. The lowest BCUT2D eigenvalue weighted by Gasteiger charge is -2.33. The van der Waals surface area contributed by atoms with Gasteiger partial charge >= 0.3 is 5.97 Å². The van der Waals surface area contributed by atoms with Crippen LogP contribution in [0.25, 0.3) is 0 Å². The van der Waals surface area contributed by atoms with Crippen LogP contribution in [0, 0.1) is 0 Å². The Hall–Kier alpha value is -1.50. The number of ether oxygens (including phenoxy) is 2. The highest BCUT2D eigenvalue weighted by Gasteiger charge is 2.22. The molecule has 0 saturated carbocycles. The van der Waals surface area contributed by atoms with Gasteiger partial charge in [0.2, 0.25) is 0 Å². The lowest BCUT2D eigenvalue weighted by molar-refractivity contribution is -0.137. The molecule has 3 rings (SSSR count). The monoisotopic (exact) mass is 445 g/mol. The minimum Gasteiger partial charge on any atom is -0.489 e. The normalized spacial score (nSPS) is 17.0. The van der Waals surface area contributed by atoms with Crippen molar-refractivity contribution in [3.05, 3.63) is 63.6 Å². The zero-order chi connectivity index (χ0) is 19.2. The Morgan fingerprint density at radius 1 is 1.21 bits per heavy atom. The van der Waals surface area contributed by atoms with Gasteiger partial charge in [-0.05, 0) is 29.8 Å². The number of hydrogen-bond donors (Lipinski definition) is 1. The van der Waals surface area contributed by atoms with Crippen LogP contribution in [0.3, 0.4) is 0 Å². The summed E-state index contributed by atoms with van der Waals surface area (Å²) in [5.74, 6) is -0.0820. The zero-order valence-corrected chi connectivity index (χ0v) is 17.5. The van der Waals surface area contributed by atoms with Crippen molar-refractivity contribution in [1.29, 1.82) is 0 Å². The second kappa shape index (κ2) is 10.9. The maximum Gasteiger partial charge on any atom is 0.304 e. The van der Waals surface area contributed by atoms with Crippen LogP contribution in [0.1, 0.15) is 23.7 Å². The molecule has 0 spiro atoms. The Balaban J connectivity index is 0.00000280. The summed E-state index contributed by atoms with van der Waals surface area (Å²) < 4.78 is 11.7. The maximum atomic E-state index is 10.8. The number of carboxylic acids is 1. The van der Waals surface area contributed by atoms with Gasteiger partial charge in [0.1, 0.15) is 12.4 Å². The lowest BCUT2D eigenvalue weighted by atomic mass is 10.1. The van der Waals surface area contributed by atoms with Crippen LogP contribution in [0.2, 0.25) is 10.0 Å². The predicted molar refractivity (Wildman–Crippen MR) is 112 cm³/mol. The van der Waals surface area contributed by atoms with Crippen LogP contribution in [-0.4, -0.2) is 42.2 Å². The van der Waals surface area contributed by atoms with Crippen LogP contribution in [0.5, 0.6) is 5.75 Å². The Kier molecular flexibility index (Phi) is 8.86. The summed E-state index contributed by atoms with van der Waals surface area (Å²) in [4.78, 5) is 12.9. The third-order valence-electron chi connectivity index (χ3n) is 4.47. The van der Waals surface area contributed by atoms with Gasteiger partial charge in [0, 0.05) is 35.2 Å². The SMILES string of the molecule is Cl.O=C(O)CCN1CCOC(c2cccc(OCc3c(Cl)cccc3Cl)c2)C1. The van der Waals surface area contributed by atoms with E-state index < -0.39 is 5.97 Å². The Morgan fingerprint density at radius 2 is 1.93 bits per heavy atom. The molecule has 5 nitrogen and oxygen atoms in total. The van der Waals surface area contributed by atoms with Crippen LogP contribution >= 0.6 is 35.6 Å². The number of rotatable bonds is 7. The largest absolute Gasteiger partial charge is 0.489 e. The van der Waals surface area contributed by atoms with Crippen molar-refractivity contribution >= 4 is 41.6 Å². The van der Waals surface area contributed by atoms with Crippen LogP contribution in [-0.2, 0) is 16.1 Å². The summed E-state index contributed by atoms with van der Waals surface area (Å²) in [5.41, 5.74) is 1.75. The minimum atomic E-state index is -0.785. The van der Waals surface area contributed by atoms with E-state index in [2.05, 4.69) is 4.90 Å². The second-order valence-electron chi connectivity index (χ2n) is 6.37. The minimum absolute atomic E-state index is 0. The number of halogens is 3. The lowest BCUT2D eigenvalue weighted by Crippen LogP contribution is -2.39. The van der Waals surface area contributed by atoms with Gasteiger partial charge in [0.05, 0.1) is 19.1 Å². The van der Waals surface area contributed by atoms with Gasteiger partial charge in [0.25, 0.3) is 0 Å². The van der Waals surface area contributed by atoms with E-state index in [-0.39, 0.29) is 31.5 Å². The molecular weight excluding hydrogens is 425 g/mol. The highest BCUT2D eigenvalue weighted by atomic mass is 35.5. The summed E-state index contributed by atoms with van der Waals surface area (Å²) in [5, 5.41) is 10.0. The van der Waals surface area contributed by atoms with Crippen molar-refractivity contribution in [3.63, 3.8) is 0 Å². The molecule has 1 atom stereocenters. The van der Waals surface area contributed by atoms with Crippen LogP contribution in [0.15, 0.2) is 42.5 Å². The molecule has 0 bridgehead atoms. The van der Waals surface area contributed by atoms with Gasteiger partial charge in [-0.15, -0.1) is 12.4 Å². The average molecular weight is 447 g/mol. The molecule has 28 heavy (non-hydrogen) atoms.